The summed E-state index contributed by atoms with van der Waals surface area (Å²) in [4.78, 5) is 37.6. The zero-order chi connectivity index (χ0) is 63.3. The van der Waals surface area contributed by atoms with Gasteiger partial charge in [0.15, 0.2) is 6.10 Å². The second kappa shape index (κ2) is 66.9. The van der Waals surface area contributed by atoms with E-state index in [2.05, 4.69) is 172 Å². The molecule has 87 heavy (non-hydrogen) atoms. The SMILES string of the molecule is CC/C=C\C/C=C\C/C=C\C/C=C\C/C=C\C/C=C\C/C=C\C/C=C\C/C=C\C/C=C\CCCCC(=O)OC(COC(=O)CCCCCCCCCCCCCCCC/C=C\C/C=C\C/C=C\CCCCCCC)COC(OCC[N+](C)(C)C)C(=O)O. The van der Waals surface area contributed by atoms with Crippen LogP contribution in [-0.4, -0.2) is 87.4 Å². The molecule has 0 radical (unpaired) electrons. The normalized spacial score (nSPS) is 13.7. The van der Waals surface area contributed by atoms with E-state index in [1.54, 1.807) is 0 Å². The third-order valence-corrected chi connectivity index (χ3v) is 14.3. The number of hydrogen-bond acceptors (Lipinski definition) is 7. The van der Waals surface area contributed by atoms with Crippen LogP contribution >= 0.6 is 0 Å². The molecule has 0 aliphatic rings. The Morgan fingerprint density at radius 2 is 0.655 bits per heavy atom. The zero-order valence-electron chi connectivity index (χ0n) is 56.1. The first-order valence-electron chi connectivity index (χ1n) is 34.6. The Kier molecular flexibility index (Phi) is 62.9. The van der Waals surface area contributed by atoms with Gasteiger partial charge in [0.05, 0.1) is 34.4 Å². The van der Waals surface area contributed by atoms with Crippen molar-refractivity contribution >= 4 is 17.9 Å². The Bertz CT molecular complexity index is 1990. The van der Waals surface area contributed by atoms with Crippen LogP contribution in [0, 0.1) is 0 Å². The summed E-state index contributed by atoms with van der Waals surface area (Å²) in [5.74, 6) is -2.08. The predicted octanol–water partition coefficient (Wildman–Crippen LogP) is 21.7. The van der Waals surface area contributed by atoms with Gasteiger partial charge in [-0.3, -0.25) is 9.59 Å². The zero-order valence-corrected chi connectivity index (χ0v) is 56.1. The number of allylic oxidation sites excluding steroid dienone is 26. The summed E-state index contributed by atoms with van der Waals surface area (Å²) < 4.78 is 22.9. The Hall–Kier alpha value is -5.09. The molecule has 9 nitrogen and oxygen atoms in total. The number of carbonyl (C=O) groups is 3. The maximum absolute atomic E-state index is 12.9. The molecule has 2 atom stereocenters. The summed E-state index contributed by atoms with van der Waals surface area (Å²) in [6, 6.07) is 0. The monoisotopic (exact) mass is 1210 g/mol. The number of unbranched alkanes of at least 4 members (excludes halogenated alkanes) is 21. The van der Waals surface area contributed by atoms with Crippen LogP contribution in [-0.2, 0) is 33.3 Å². The maximum Gasteiger partial charge on any atom is 0.361 e. The molecule has 0 fully saturated rings. The molecule has 0 bridgehead atoms. The summed E-state index contributed by atoms with van der Waals surface area (Å²) in [6.45, 7) is 4.69. The van der Waals surface area contributed by atoms with Crippen molar-refractivity contribution in [3.05, 3.63) is 158 Å². The fourth-order valence-electron chi connectivity index (χ4n) is 8.99. The summed E-state index contributed by atoms with van der Waals surface area (Å²) in [5, 5.41) is 9.74. The third kappa shape index (κ3) is 68.3. The number of quaternary nitrogens is 1. The Morgan fingerprint density at radius 1 is 0.356 bits per heavy atom. The topological polar surface area (TPSA) is 108 Å². The maximum atomic E-state index is 12.9. The van der Waals surface area contributed by atoms with Crippen LogP contribution in [0.25, 0.3) is 0 Å². The Labute approximate surface area is 534 Å². The molecule has 0 aliphatic heterocycles. The van der Waals surface area contributed by atoms with Crippen molar-refractivity contribution in [1.29, 1.82) is 0 Å². The fourth-order valence-corrected chi connectivity index (χ4v) is 8.99. The van der Waals surface area contributed by atoms with Crippen molar-refractivity contribution in [1.82, 2.24) is 0 Å². The fraction of sp³-hybridized carbons (Fsp3) is 0.628. The van der Waals surface area contributed by atoms with Gasteiger partial charge in [0.1, 0.15) is 13.2 Å². The van der Waals surface area contributed by atoms with Gasteiger partial charge < -0.3 is 28.5 Å². The standard InChI is InChI=1S/C78H127NO8/c1-6-8-10-12-14-16-18-20-22-24-26-28-30-32-34-36-37-38-39-41-43-45-47-49-51-53-55-57-59-61-63-65-67-69-76(81)87-74(73-86-78(77(82)83)84-71-70-79(3,4)5)72-85-75(80)68-66-64-62-60-58-56-54-52-50-48-46-44-42-40-35-33-31-29-27-25-23-21-19-17-15-13-11-9-7-2/h8,10,14,16,19-22,25-28,31-34,37-38,41,43,47,49,53,55,59,61,74,78H,6-7,9,11-13,15,17-18,23-24,29-30,35-36,39-40,42,44-46,48,50-52,54,56-58,60,62-73H2,1-5H3/p+1/b10-8-,16-14-,21-19-,22-20-,27-25-,28-26-,33-31-,34-32-,38-37-,43-41-,49-47-,55-53-,61-59-. The van der Waals surface area contributed by atoms with Gasteiger partial charge in [0.2, 0.25) is 0 Å². The van der Waals surface area contributed by atoms with E-state index in [1.165, 1.54) is 116 Å². The van der Waals surface area contributed by atoms with Crippen molar-refractivity contribution in [2.75, 3.05) is 47.5 Å². The van der Waals surface area contributed by atoms with E-state index in [9.17, 15) is 19.5 Å². The quantitative estimate of drug-likeness (QED) is 0.0211. The van der Waals surface area contributed by atoms with Crippen LogP contribution in [0.4, 0.5) is 0 Å². The minimum absolute atomic E-state index is 0.170. The van der Waals surface area contributed by atoms with E-state index in [0.717, 1.165) is 109 Å². The minimum Gasteiger partial charge on any atom is -0.477 e. The van der Waals surface area contributed by atoms with Gasteiger partial charge in [0.25, 0.3) is 6.29 Å². The van der Waals surface area contributed by atoms with E-state index in [1.807, 2.05) is 21.1 Å². The molecule has 0 amide bonds. The van der Waals surface area contributed by atoms with Crippen molar-refractivity contribution in [2.24, 2.45) is 0 Å². The number of carboxylic acid groups (broad SMARTS) is 1. The predicted molar refractivity (Wildman–Crippen MR) is 373 cm³/mol. The van der Waals surface area contributed by atoms with Crippen LogP contribution in [0.15, 0.2) is 158 Å². The highest BCUT2D eigenvalue weighted by Gasteiger charge is 2.25. The van der Waals surface area contributed by atoms with Crippen molar-refractivity contribution in [2.45, 2.75) is 270 Å². The molecule has 1 N–H and O–H groups in total. The van der Waals surface area contributed by atoms with E-state index in [-0.39, 0.29) is 38.6 Å². The first-order chi connectivity index (χ1) is 42.6. The molecule has 9 heteroatoms. The molecule has 2 unspecified atom stereocenters. The number of likely N-dealkylation sites (N-methyl/N-ethyl adjacent to an activating group) is 1. The van der Waals surface area contributed by atoms with Crippen LogP contribution < -0.4 is 0 Å². The second-order valence-electron chi connectivity index (χ2n) is 23.7. The first kappa shape index (κ1) is 81.9. The number of ether oxygens (including phenoxy) is 4. The van der Waals surface area contributed by atoms with Crippen LogP contribution in [0.1, 0.15) is 258 Å². The molecular formula is C78H128NO8+. The van der Waals surface area contributed by atoms with Crippen LogP contribution in [0.3, 0.4) is 0 Å². The number of carbonyl (C=O) groups excluding carboxylic acids is 2. The molecule has 0 saturated heterocycles. The average Bonchev–Trinajstić information content (AvgIpc) is 3.59. The molecule has 0 heterocycles. The molecule has 0 aromatic carbocycles. The van der Waals surface area contributed by atoms with Crippen molar-refractivity contribution in [3.63, 3.8) is 0 Å². The van der Waals surface area contributed by atoms with Crippen LogP contribution in [0.5, 0.6) is 0 Å². The number of hydrogen-bond donors (Lipinski definition) is 1. The lowest BCUT2D eigenvalue weighted by atomic mass is 10.0. The average molecular weight is 1210 g/mol. The van der Waals surface area contributed by atoms with Gasteiger partial charge in [-0.2, -0.15) is 0 Å². The second-order valence-corrected chi connectivity index (χ2v) is 23.7. The number of aliphatic carboxylic acids is 1. The molecule has 0 spiro atoms. The van der Waals surface area contributed by atoms with Gasteiger partial charge in [-0.1, -0.05) is 275 Å². The highest BCUT2D eigenvalue weighted by atomic mass is 16.7. The third-order valence-electron chi connectivity index (χ3n) is 14.3. The Balaban J connectivity index is 4.28. The number of nitrogens with zero attached hydrogens (tertiary/aromatic N) is 1. The molecule has 0 aromatic heterocycles. The highest BCUT2D eigenvalue weighted by molar-refractivity contribution is 5.71. The van der Waals surface area contributed by atoms with E-state index < -0.39 is 24.3 Å². The first-order valence-corrected chi connectivity index (χ1v) is 34.6. The summed E-state index contributed by atoms with van der Waals surface area (Å²) in [6.07, 6.45) is 96.4. The molecule has 0 aliphatic carbocycles. The summed E-state index contributed by atoms with van der Waals surface area (Å²) >= 11 is 0. The summed E-state index contributed by atoms with van der Waals surface area (Å²) in [5.41, 5.74) is 0. The lowest BCUT2D eigenvalue weighted by molar-refractivity contribution is -0.870. The number of rotatable bonds is 62. The highest BCUT2D eigenvalue weighted by Crippen LogP contribution is 2.16. The molecule has 0 aromatic rings. The molecule has 0 rings (SSSR count). The van der Waals surface area contributed by atoms with E-state index in [0.29, 0.717) is 17.4 Å². The van der Waals surface area contributed by atoms with E-state index >= 15 is 0 Å². The number of esters is 2. The minimum atomic E-state index is -1.53. The lowest BCUT2D eigenvalue weighted by Gasteiger charge is -2.25. The van der Waals surface area contributed by atoms with Crippen LogP contribution in [0.2, 0.25) is 0 Å². The number of carboxylic acids is 1. The lowest BCUT2D eigenvalue weighted by Crippen LogP contribution is -2.40. The van der Waals surface area contributed by atoms with Gasteiger partial charge >= 0.3 is 17.9 Å². The molecular weight excluding hydrogens is 1080 g/mol. The molecule has 0 saturated carbocycles. The van der Waals surface area contributed by atoms with Gasteiger partial charge in [-0.25, -0.2) is 4.79 Å². The van der Waals surface area contributed by atoms with Gasteiger partial charge in [0, 0.05) is 12.8 Å². The largest absolute Gasteiger partial charge is 0.477 e. The van der Waals surface area contributed by atoms with Crippen molar-refractivity contribution in [3.8, 4) is 0 Å². The smallest absolute Gasteiger partial charge is 0.361 e. The Morgan fingerprint density at radius 3 is 1.00 bits per heavy atom. The van der Waals surface area contributed by atoms with Crippen molar-refractivity contribution < 1.29 is 42.9 Å². The van der Waals surface area contributed by atoms with Gasteiger partial charge in [-0.05, 0) is 128 Å². The van der Waals surface area contributed by atoms with Gasteiger partial charge in [-0.15, -0.1) is 0 Å². The summed E-state index contributed by atoms with van der Waals surface area (Å²) in [7, 11) is 5.95. The molecule has 492 valence electrons. The van der Waals surface area contributed by atoms with E-state index in [4.69, 9.17) is 18.9 Å².